The lowest BCUT2D eigenvalue weighted by Gasteiger charge is -2.29. The first-order chi connectivity index (χ1) is 22.7. The number of nitrogens with zero attached hydrogens (tertiary/aromatic N) is 2. The molecule has 1 atom stereocenters. The predicted octanol–water partition coefficient (Wildman–Crippen LogP) is 14.7. The van der Waals surface area contributed by atoms with Crippen molar-refractivity contribution in [3.63, 3.8) is 0 Å². The maximum absolute atomic E-state index is 2.46. The van der Waals surface area contributed by atoms with Gasteiger partial charge < -0.3 is 9.38 Å². The molecule has 0 saturated heterocycles. The Labute approximate surface area is 300 Å². The van der Waals surface area contributed by atoms with Crippen LogP contribution < -0.4 is 0 Å². The van der Waals surface area contributed by atoms with Gasteiger partial charge in [0.15, 0.2) is 0 Å². The third kappa shape index (κ3) is 49.9. The van der Waals surface area contributed by atoms with Gasteiger partial charge in [-0.25, -0.2) is 0 Å². The fraction of sp³-hybridized carbons (Fsp3) is 0.911. The highest BCUT2D eigenvalue weighted by atomic mass is 15.3. The minimum atomic E-state index is 0.930. The molecule has 0 fully saturated rings. The van der Waals surface area contributed by atoms with Crippen LogP contribution in [0.4, 0.5) is 0 Å². The number of allylic oxidation sites excluding steroid dienone is 4. The highest BCUT2D eigenvalue weighted by Gasteiger charge is 2.17. The van der Waals surface area contributed by atoms with Gasteiger partial charge in [-0.15, -0.1) is 0 Å². The molecule has 282 valence electrons. The van der Waals surface area contributed by atoms with E-state index in [0.717, 1.165) is 10.4 Å². The molecule has 0 N–H and O–H groups in total. The molecule has 1 unspecified atom stereocenters. The Morgan fingerprint density at radius 2 is 0.617 bits per heavy atom. The predicted molar refractivity (Wildman–Crippen MR) is 219 cm³/mol. The molecule has 0 heterocycles. The Hall–Kier alpha value is -0.600. The van der Waals surface area contributed by atoms with Crippen LogP contribution >= 0.6 is 0 Å². The minimum Gasteiger partial charge on any atom is -0.331 e. The van der Waals surface area contributed by atoms with E-state index >= 15 is 0 Å². The fourth-order valence-corrected chi connectivity index (χ4v) is 6.64. The van der Waals surface area contributed by atoms with E-state index in [1.54, 1.807) is 0 Å². The van der Waals surface area contributed by atoms with E-state index in [0.29, 0.717) is 0 Å². The van der Waals surface area contributed by atoms with E-state index in [1.165, 1.54) is 206 Å². The average molecular weight is 662 g/mol. The topological polar surface area (TPSA) is 3.24 Å². The first-order valence-electron chi connectivity index (χ1n) is 21.4. The minimum absolute atomic E-state index is 0.930. The van der Waals surface area contributed by atoms with Crippen LogP contribution in [0.5, 0.6) is 0 Å². The normalized spacial score (nSPS) is 12.8. The van der Waals surface area contributed by atoms with Gasteiger partial charge in [0.1, 0.15) is 0 Å². The molecule has 0 saturated carbocycles. The molecular weight excluding hydrogens is 569 g/mol. The Kier molecular flexibility index (Phi) is 41.1. The molecule has 0 rings (SSSR count). The largest absolute Gasteiger partial charge is 0.331 e. The highest BCUT2D eigenvalue weighted by molar-refractivity contribution is 4.82. The molecule has 0 amide bonds. The summed E-state index contributed by atoms with van der Waals surface area (Å²) in [6, 6.07) is 0. The van der Waals surface area contributed by atoms with E-state index in [-0.39, 0.29) is 0 Å². The Balaban J connectivity index is 0. The maximum Gasteiger partial charge on any atom is 0.0809 e. The average Bonchev–Trinajstić information content (AvgIpc) is 3.01. The lowest BCUT2D eigenvalue weighted by atomic mass is 9.93. The van der Waals surface area contributed by atoms with Gasteiger partial charge in [0.2, 0.25) is 0 Å². The van der Waals surface area contributed by atoms with Gasteiger partial charge in [0.25, 0.3) is 0 Å². The summed E-state index contributed by atoms with van der Waals surface area (Å²) in [6.07, 6.45) is 53.7. The standard InChI is InChI=1S/C42H84N.C3H9N/c1-6-8-10-12-14-16-18-20-22-24-26-28-30-32-34-36-38-40-42(41-43(3,4)5)39-37-35-33-31-29-27-25-23-21-19-17-15-13-11-9-7-2;1-4(2)3/h20-23,42H,6-19,24-41H2,1-5H3;1-3H3/q+1;/b22-20-,23-21-;. The number of rotatable bonds is 35. The van der Waals surface area contributed by atoms with Gasteiger partial charge in [-0.2, -0.15) is 0 Å². The molecule has 0 aliphatic rings. The molecule has 0 spiro atoms. The summed E-state index contributed by atoms with van der Waals surface area (Å²) in [7, 11) is 13.2. The molecule has 0 bridgehead atoms. The van der Waals surface area contributed by atoms with E-state index in [9.17, 15) is 0 Å². The summed E-state index contributed by atoms with van der Waals surface area (Å²) in [5, 5.41) is 0. The molecular formula is C45H93N2+. The summed E-state index contributed by atoms with van der Waals surface area (Å²) >= 11 is 0. The molecule has 0 aliphatic carbocycles. The van der Waals surface area contributed by atoms with Crippen molar-refractivity contribution in [2.24, 2.45) is 5.92 Å². The number of quaternary nitrogens is 1. The van der Waals surface area contributed by atoms with Crippen LogP contribution in [-0.2, 0) is 0 Å². The summed E-state index contributed by atoms with van der Waals surface area (Å²) < 4.78 is 1.13. The van der Waals surface area contributed by atoms with E-state index in [1.807, 2.05) is 26.0 Å². The monoisotopic (exact) mass is 662 g/mol. The zero-order chi connectivity index (χ0) is 35.1. The molecule has 0 radical (unpaired) electrons. The van der Waals surface area contributed by atoms with Crippen molar-refractivity contribution in [2.45, 2.75) is 213 Å². The van der Waals surface area contributed by atoms with Crippen LogP contribution in [0.25, 0.3) is 0 Å². The molecule has 2 nitrogen and oxygen atoms in total. The zero-order valence-corrected chi connectivity index (χ0v) is 34.4. The van der Waals surface area contributed by atoms with Gasteiger partial charge in [0.05, 0.1) is 27.7 Å². The van der Waals surface area contributed by atoms with Crippen molar-refractivity contribution in [2.75, 3.05) is 48.8 Å². The molecule has 47 heavy (non-hydrogen) atoms. The van der Waals surface area contributed by atoms with Gasteiger partial charge in [-0.05, 0) is 85.4 Å². The lowest BCUT2D eigenvalue weighted by molar-refractivity contribution is -0.874. The van der Waals surface area contributed by atoms with E-state index < -0.39 is 0 Å². The first-order valence-corrected chi connectivity index (χ1v) is 21.4. The second kappa shape index (κ2) is 39.8. The second-order valence-electron chi connectivity index (χ2n) is 16.5. The van der Waals surface area contributed by atoms with Crippen LogP contribution in [0.2, 0.25) is 0 Å². The quantitative estimate of drug-likeness (QED) is 0.0371. The molecule has 0 aromatic heterocycles. The summed E-state index contributed by atoms with van der Waals surface area (Å²) in [5.74, 6) is 0.930. The lowest BCUT2D eigenvalue weighted by Crippen LogP contribution is -2.39. The molecule has 2 heteroatoms. The van der Waals surface area contributed by atoms with Crippen LogP contribution in [0.3, 0.4) is 0 Å². The number of hydrogen-bond donors (Lipinski definition) is 0. The van der Waals surface area contributed by atoms with Gasteiger partial charge in [-0.1, -0.05) is 173 Å². The van der Waals surface area contributed by atoms with Crippen LogP contribution in [0, 0.1) is 5.92 Å². The summed E-state index contributed by atoms with van der Waals surface area (Å²) in [5.41, 5.74) is 0. The highest BCUT2D eigenvalue weighted by Crippen LogP contribution is 2.22. The third-order valence-corrected chi connectivity index (χ3v) is 9.30. The van der Waals surface area contributed by atoms with Crippen molar-refractivity contribution in [3.8, 4) is 0 Å². The van der Waals surface area contributed by atoms with Crippen LogP contribution in [-0.4, -0.2) is 58.2 Å². The van der Waals surface area contributed by atoms with E-state index in [2.05, 4.69) is 59.3 Å². The summed E-state index contributed by atoms with van der Waals surface area (Å²) in [4.78, 5) is 2.00. The molecule has 0 aromatic rings. The maximum atomic E-state index is 2.46. The number of unbranched alkanes of at least 4 members (excludes halogenated alkanes) is 25. The smallest absolute Gasteiger partial charge is 0.0809 e. The SMILES string of the molecule is CCCCCCCC/C=C\CCCCCCCCCC(CCCCCCCC/C=C\CCCCCCCC)C[N+](C)(C)C.CN(C)C. The Morgan fingerprint density at radius 1 is 0.383 bits per heavy atom. The Morgan fingerprint density at radius 3 is 0.872 bits per heavy atom. The summed E-state index contributed by atoms with van der Waals surface area (Å²) in [6.45, 7) is 5.96. The molecule has 0 aliphatic heterocycles. The van der Waals surface area contributed by atoms with Crippen molar-refractivity contribution >= 4 is 0 Å². The molecule has 0 aromatic carbocycles. The van der Waals surface area contributed by atoms with Crippen molar-refractivity contribution in [3.05, 3.63) is 24.3 Å². The van der Waals surface area contributed by atoms with Crippen LogP contribution in [0.15, 0.2) is 24.3 Å². The zero-order valence-electron chi connectivity index (χ0n) is 34.4. The Bertz CT molecular complexity index is 611. The van der Waals surface area contributed by atoms with Crippen molar-refractivity contribution in [1.29, 1.82) is 0 Å². The fourth-order valence-electron chi connectivity index (χ4n) is 6.64. The van der Waals surface area contributed by atoms with Gasteiger partial charge >= 0.3 is 0 Å². The first kappa shape index (κ1) is 48.5. The number of hydrogen-bond acceptors (Lipinski definition) is 1. The van der Waals surface area contributed by atoms with E-state index in [4.69, 9.17) is 0 Å². The second-order valence-corrected chi connectivity index (χ2v) is 16.5. The van der Waals surface area contributed by atoms with Gasteiger partial charge in [-0.3, -0.25) is 0 Å². The van der Waals surface area contributed by atoms with Gasteiger partial charge in [0, 0.05) is 5.92 Å². The van der Waals surface area contributed by atoms with Crippen LogP contribution in [0.1, 0.15) is 213 Å². The van der Waals surface area contributed by atoms with Crippen molar-refractivity contribution in [1.82, 2.24) is 4.90 Å². The van der Waals surface area contributed by atoms with Crippen molar-refractivity contribution < 1.29 is 4.48 Å². The third-order valence-electron chi connectivity index (χ3n) is 9.30.